The fraction of sp³-hybridized carbons (Fsp3) is 0.222. The lowest BCUT2D eigenvalue weighted by molar-refractivity contribution is -0.120. The number of nitrogens with one attached hydrogen (secondary N) is 1. The summed E-state index contributed by atoms with van der Waals surface area (Å²) < 4.78 is 1.95. The number of para-hydroxylation sites is 3. The zero-order chi connectivity index (χ0) is 23.9. The minimum atomic E-state index is -0.0673. The van der Waals surface area contributed by atoms with E-state index in [9.17, 15) is 9.59 Å². The van der Waals surface area contributed by atoms with Crippen molar-refractivity contribution in [2.24, 2.45) is 0 Å². The maximum Gasteiger partial charge on any atom is 0.246 e. The van der Waals surface area contributed by atoms with Crippen LogP contribution in [0.5, 0.6) is 0 Å². The molecule has 4 rings (SSSR count). The molecular formula is C27H27ClN4O2. The van der Waals surface area contributed by atoms with Gasteiger partial charge in [-0.05, 0) is 48.9 Å². The molecule has 0 radical (unpaired) electrons. The van der Waals surface area contributed by atoms with Gasteiger partial charge in [-0.1, -0.05) is 54.1 Å². The number of hydrogen-bond donors (Lipinski definition) is 1. The van der Waals surface area contributed by atoms with Crippen molar-refractivity contribution in [3.63, 3.8) is 0 Å². The van der Waals surface area contributed by atoms with E-state index in [1.807, 2.05) is 78.2 Å². The van der Waals surface area contributed by atoms with Crippen molar-refractivity contribution in [1.29, 1.82) is 0 Å². The average molecular weight is 475 g/mol. The number of imidazole rings is 1. The number of aromatic nitrogens is 2. The molecule has 0 saturated carbocycles. The summed E-state index contributed by atoms with van der Waals surface area (Å²) in [6.45, 7) is 3.15. The maximum atomic E-state index is 13.2. The molecule has 3 aromatic carbocycles. The topological polar surface area (TPSA) is 67.2 Å². The number of anilines is 1. The van der Waals surface area contributed by atoms with Gasteiger partial charge in [-0.15, -0.1) is 0 Å². The Morgan fingerprint density at radius 1 is 0.971 bits per heavy atom. The Hall–Kier alpha value is -3.64. The number of likely N-dealkylation sites (N-methyl/N-ethyl adjacent to an activating group) is 1. The third-order valence-electron chi connectivity index (χ3n) is 5.66. The predicted molar refractivity (Wildman–Crippen MR) is 136 cm³/mol. The van der Waals surface area contributed by atoms with Crippen molar-refractivity contribution in [2.45, 2.75) is 26.3 Å². The summed E-state index contributed by atoms with van der Waals surface area (Å²) in [5, 5.41) is 3.60. The Morgan fingerprint density at radius 3 is 2.41 bits per heavy atom. The fourth-order valence-corrected chi connectivity index (χ4v) is 4.11. The van der Waals surface area contributed by atoms with Crippen LogP contribution in [0.2, 0.25) is 5.02 Å². The molecule has 2 amide bonds. The third-order valence-corrected chi connectivity index (χ3v) is 5.91. The van der Waals surface area contributed by atoms with Crippen LogP contribution in [0.25, 0.3) is 11.0 Å². The number of nitrogens with zero attached hydrogens (tertiary/aromatic N) is 3. The summed E-state index contributed by atoms with van der Waals surface area (Å²) in [5.41, 5.74) is 3.51. The van der Waals surface area contributed by atoms with Gasteiger partial charge in [0.1, 0.15) is 12.4 Å². The second-order valence-electron chi connectivity index (χ2n) is 7.98. The van der Waals surface area contributed by atoms with Gasteiger partial charge in [0.2, 0.25) is 11.8 Å². The Labute approximate surface area is 204 Å². The van der Waals surface area contributed by atoms with Gasteiger partial charge in [-0.25, -0.2) is 4.98 Å². The number of rotatable bonds is 9. The Balaban J connectivity index is 1.46. The largest absolute Gasteiger partial charge is 0.355 e. The standard InChI is InChI=1S/C27H27ClN4O2/c1-2-31(22-8-4-3-5-9-22)27(34)19-32-24-11-7-6-10-23(24)30-25(32)16-17-29-26(33)18-20-12-14-21(28)15-13-20/h3-15H,2,16-19H2,1H3,(H,29,33). The van der Waals surface area contributed by atoms with E-state index in [0.717, 1.165) is 28.1 Å². The highest BCUT2D eigenvalue weighted by atomic mass is 35.5. The van der Waals surface area contributed by atoms with Gasteiger partial charge in [-0.2, -0.15) is 0 Å². The third kappa shape index (κ3) is 5.64. The number of carbonyl (C=O) groups is 2. The van der Waals surface area contributed by atoms with Crippen LogP contribution in [0.1, 0.15) is 18.3 Å². The van der Waals surface area contributed by atoms with Crippen LogP contribution in [0, 0.1) is 0 Å². The smallest absolute Gasteiger partial charge is 0.246 e. The lowest BCUT2D eigenvalue weighted by atomic mass is 10.1. The van der Waals surface area contributed by atoms with E-state index in [1.54, 1.807) is 17.0 Å². The van der Waals surface area contributed by atoms with Crippen LogP contribution in [0.15, 0.2) is 78.9 Å². The first kappa shape index (κ1) is 23.5. The highest BCUT2D eigenvalue weighted by Gasteiger charge is 2.18. The number of carbonyl (C=O) groups excluding carboxylic acids is 2. The molecule has 6 nitrogen and oxygen atoms in total. The van der Waals surface area contributed by atoms with Crippen molar-refractivity contribution in [1.82, 2.24) is 14.9 Å². The Bertz CT molecular complexity index is 1270. The Kier molecular flexibility index (Phi) is 7.60. The SMILES string of the molecule is CCN(C(=O)Cn1c(CCNC(=O)Cc2ccc(Cl)cc2)nc2ccccc21)c1ccccc1. The molecule has 174 valence electrons. The molecule has 0 atom stereocenters. The van der Waals surface area contributed by atoms with Crippen LogP contribution in [-0.4, -0.2) is 34.5 Å². The molecule has 0 spiro atoms. The summed E-state index contributed by atoms with van der Waals surface area (Å²) in [6.07, 6.45) is 0.806. The van der Waals surface area contributed by atoms with Gasteiger partial charge in [0.25, 0.3) is 0 Å². The lowest BCUT2D eigenvalue weighted by Gasteiger charge is -2.22. The summed E-state index contributed by atoms with van der Waals surface area (Å²) in [4.78, 5) is 32.1. The first-order valence-electron chi connectivity index (χ1n) is 11.4. The van der Waals surface area contributed by atoms with Crippen LogP contribution < -0.4 is 10.2 Å². The second-order valence-corrected chi connectivity index (χ2v) is 8.42. The van der Waals surface area contributed by atoms with Crippen LogP contribution >= 0.6 is 11.6 Å². The molecule has 0 saturated heterocycles. The van der Waals surface area contributed by atoms with Gasteiger partial charge in [0.05, 0.1) is 17.5 Å². The summed E-state index contributed by atoms with van der Waals surface area (Å²) in [5.74, 6) is 0.692. The zero-order valence-electron chi connectivity index (χ0n) is 19.1. The van der Waals surface area contributed by atoms with E-state index in [2.05, 4.69) is 5.32 Å². The molecule has 0 bridgehead atoms. The normalized spacial score (nSPS) is 10.9. The first-order valence-corrected chi connectivity index (χ1v) is 11.7. The molecule has 0 aliphatic rings. The van der Waals surface area contributed by atoms with E-state index in [-0.39, 0.29) is 24.8 Å². The highest BCUT2D eigenvalue weighted by molar-refractivity contribution is 6.30. The van der Waals surface area contributed by atoms with Gasteiger partial charge >= 0.3 is 0 Å². The second kappa shape index (κ2) is 11.0. The number of benzene rings is 3. The minimum Gasteiger partial charge on any atom is -0.355 e. The number of fused-ring (bicyclic) bond motifs is 1. The summed E-state index contributed by atoms with van der Waals surface area (Å²) in [7, 11) is 0. The average Bonchev–Trinajstić information content (AvgIpc) is 3.19. The summed E-state index contributed by atoms with van der Waals surface area (Å²) >= 11 is 5.91. The van der Waals surface area contributed by atoms with Crippen LogP contribution in [0.3, 0.4) is 0 Å². The monoisotopic (exact) mass is 474 g/mol. The lowest BCUT2D eigenvalue weighted by Crippen LogP contribution is -2.34. The van der Waals surface area contributed by atoms with E-state index in [4.69, 9.17) is 16.6 Å². The van der Waals surface area contributed by atoms with Gasteiger partial charge in [0, 0.05) is 30.2 Å². The van der Waals surface area contributed by atoms with Crippen molar-refractivity contribution in [2.75, 3.05) is 18.0 Å². The minimum absolute atomic E-state index is 0.00937. The quantitative estimate of drug-likeness (QED) is 0.384. The van der Waals surface area contributed by atoms with E-state index >= 15 is 0 Å². The number of halogens is 1. The van der Waals surface area contributed by atoms with E-state index in [1.165, 1.54) is 0 Å². The van der Waals surface area contributed by atoms with Crippen molar-refractivity contribution >= 4 is 40.1 Å². The molecular weight excluding hydrogens is 448 g/mol. The number of amides is 2. The molecule has 0 fully saturated rings. The van der Waals surface area contributed by atoms with Crippen LogP contribution in [-0.2, 0) is 29.0 Å². The molecule has 0 aliphatic carbocycles. The molecule has 0 unspecified atom stereocenters. The van der Waals surface area contributed by atoms with Gasteiger partial charge in [0.15, 0.2) is 0 Å². The van der Waals surface area contributed by atoms with Crippen molar-refractivity contribution in [3.05, 3.63) is 95.3 Å². The predicted octanol–water partition coefficient (Wildman–Crippen LogP) is 4.64. The number of hydrogen-bond acceptors (Lipinski definition) is 3. The van der Waals surface area contributed by atoms with Crippen molar-refractivity contribution in [3.8, 4) is 0 Å². The van der Waals surface area contributed by atoms with E-state index in [0.29, 0.717) is 24.5 Å². The Morgan fingerprint density at radius 2 is 1.68 bits per heavy atom. The molecule has 1 heterocycles. The highest BCUT2D eigenvalue weighted by Crippen LogP contribution is 2.19. The molecule has 0 aliphatic heterocycles. The zero-order valence-corrected chi connectivity index (χ0v) is 19.8. The van der Waals surface area contributed by atoms with Gasteiger partial charge in [-0.3, -0.25) is 9.59 Å². The maximum absolute atomic E-state index is 13.2. The van der Waals surface area contributed by atoms with Crippen molar-refractivity contribution < 1.29 is 9.59 Å². The van der Waals surface area contributed by atoms with Crippen LogP contribution in [0.4, 0.5) is 5.69 Å². The van der Waals surface area contributed by atoms with Gasteiger partial charge < -0.3 is 14.8 Å². The molecule has 34 heavy (non-hydrogen) atoms. The molecule has 1 N–H and O–H groups in total. The summed E-state index contributed by atoms with van der Waals surface area (Å²) in [6, 6.07) is 24.7. The molecule has 7 heteroatoms. The first-order chi connectivity index (χ1) is 16.5. The molecule has 1 aromatic heterocycles. The van der Waals surface area contributed by atoms with E-state index < -0.39 is 0 Å². The molecule has 4 aromatic rings. The fourth-order valence-electron chi connectivity index (χ4n) is 3.99.